The summed E-state index contributed by atoms with van der Waals surface area (Å²) in [5.74, 6) is 2.44. The summed E-state index contributed by atoms with van der Waals surface area (Å²) in [6.07, 6.45) is 1.16. The van der Waals surface area contributed by atoms with Gasteiger partial charge in [0.25, 0.3) is 0 Å². The number of benzene rings is 1. The number of hydrogen-bond donors (Lipinski definition) is 1. The molecule has 0 amide bonds. The lowest BCUT2D eigenvalue weighted by Crippen LogP contribution is -2.15. The van der Waals surface area contributed by atoms with Crippen molar-refractivity contribution in [1.29, 1.82) is 0 Å². The van der Waals surface area contributed by atoms with Gasteiger partial charge in [-0.25, -0.2) is 0 Å². The van der Waals surface area contributed by atoms with Gasteiger partial charge in [0.2, 0.25) is 0 Å². The van der Waals surface area contributed by atoms with E-state index in [0.717, 1.165) is 30.4 Å². The monoisotopic (exact) mass is 235 g/mol. The molecule has 3 nitrogen and oxygen atoms in total. The van der Waals surface area contributed by atoms with E-state index in [9.17, 15) is 0 Å². The van der Waals surface area contributed by atoms with Crippen molar-refractivity contribution in [3.05, 3.63) is 23.8 Å². The van der Waals surface area contributed by atoms with Crippen LogP contribution in [0.25, 0.3) is 0 Å². The van der Waals surface area contributed by atoms with E-state index in [1.807, 2.05) is 19.1 Å². The molecule has 3 heteroatoms. The van der Waals surface area contributed by atoms with Crippen molar-refractivity contribution in [1.82, 2.24) is 5.32 Å². The number of ether oxygens (including phenoxy) is 2. The summed E-state index contributed by atoms with van der Waals surface area (Å²) < 4.78 is 11.1. The van der Waals surface area contributed by atoms with Crippen LogP contribution >= 0.6 is 0 Å². The second-order valence-corrected chi connectivity index (χ2v) is 4.61. The molecule has 1 aromatic carbocycles. The SMILES string of the molecule is CCOc1c(OC)cccc1[C@H]1C[C@H](C)CN1. The second-order valence-electron chi connectivity index (χ2n) is 4.61. The van der Waals surface area contributed by atoms with Crippen LogP contribution in [0.15, 0.2) is 18.2 Å². The molecule has 94 valence electrons. The fourth-order valence-corrected chi connectivity index (χ4v) is 2.42. The van der Waals surface area contributed by atoms with Crippen LogP contribution in [0.5, 0.6) is 11.5 Å². The zero-order chi connectivity index (χ0) is 12.3. The maximum Gasteiger partial charge on any atom is 0.165 e. The van der Waals surface area contributed by atoms with E-state index >= 15 is 0 Å². The maximum absolute atomic E-state index is 5.74. The average molecular weight is 235 g/mol. The van der Waals surface area contributed by atoms with E-state index in [1.165, 1.54) is 5.56 Å². The molecule has 1 aromatic rings. The number of nitrogens with one attached hydrogen (secondary N) is 1. The standard InChI is InChI=1S/C14H21NO2/c1-4-17-14-11(6-5-7-13(14)16-3)12-8-10(2)9-15-12/h5-7,10,12,15H,4,8-9H2,1-3H3/t10-,12+/m0/s1. The number of rotatable bonds is 4. The molecular formula is C14H21NO2. The lowest BCUT2D eigenvalue weighted by Gasteiger charge is -2.18. The molecule has 0 unspecified atom stereocenters. The van der Waals surface area contributed by atoms with Crippen LogP contribution in [0.1, 0.15) is 31.9 Å². The lowest BCUT2D eigenvalue weighted by molar-refractivity contribution is 0.304. The summed E-state index contributed by atoms with van der Waals surface area (Å²) in [6, 6.07) is 6.50. The Morgan fingerprint density at radius 3 is 2.82 bits per heavy atom. The van der Waals surface area contributed by atoms with E-state index in [-0.39, 0.29) is 0 Å². The topological polar surface area (TPSA) is 30.5 Å². The van der Waals surface area contributed by atoms with Crippen LogP contribution in [-0.2, 0) is 0 Å². The first-order valence-electron chi connectivity index (χ1n) is 6.29. The summed E-state index contributed by atoms with van der Waals surface area (Å²) in [6.45, 7) is 6.01. The Kier molecular flexibility index (Phi) is 3.89. The Bertz CT molecular complexity index is 378. The molecule has 0 aromatic heterocycles. The van der Waals surface area contributed by atoms with Crippen LogP contribution < -0.4 is 14.8 Å². The van der Waals surface area contributed by atoms with Crippen molar-refractivity contribution in [3.8, 4) is 11.5 Å². The van der Waals surface area contributed by atoms with E-state index in [1.54, 1.807) is 7.11 Å². The number of methoxy groups -OCH3 is 1. The largest absolute Gasteiger partial charge is 0.493 e. The molecule has 2 rings (SSSR count). The molecule has 1 saturated heterocycles. The maximum atomic E-state index is 5.74. The third-order valence-electron chi connectivity index (χ3n) is 3.24. The Morgan fingerprint density at radius 1 is 1.41 bits per heavy atom. The predicted molar refractivity (Wildman–Crippen MR) is 68.7 cm³/mol. The van der Waals surface area contributed by atoms with Gasteiger partial charge in [-0.15, -0.1) is 0 Å². The van der Waals surface area contributed by atoms with Crippen LogP contribution in [0.3, 0.4) is 0 Å². The molecule has 0 bridgehead atoms. The fraction of sp³-hybridized carbons (Fsp3) is 0.571. The predicted octanol–water partition coefficient (Wildman–Crippen LogP) is 2.76. The number of hydrogen-bond acceptors (Lipinski definition) is 3. The Hall–Kier alpha value is -1.22. The van der Waals surface area contributed by atoms with Gasteiger partial charge in [0.05, 0.1) is 13.7 Å². The van der Waals surface area contributed by atoms with Gasteiger partial charge in [0.1, 0.15) is 0 Å². The van der Waals surface area contributed by atoms with Crippen molar-refractivity contribution in [2.75, 3.05) is 20.3 Å². The normalized spacial score (nSPS) is 23.7. The van der Waals surface area contributed by atoms with Gasteiger partial charge in [-0.2, -0.15) is 0 Å². The van der Waals surface area contributed by atoms with Gasteiger partial charge >= 0.3 is 0 Å². The first-order chi connectivity index (χ1) is 8.26. The van der Waals surface area contributed by atoms with Gasteiger partial charge in [-0.1, -0.05) is 19.1 Å². The van der Waals surface area contributed by atoms with Crippen molar-refractivity contribution in [2.24, 2.45) is 5.92 Å². The van der Waals surface area contributed by atoms with E-state index in [4.69, 9.17) is 9.47 Å². The van der Waals surface area contributed by atoms with Crippen molar-refractivity contribution >= 4 is 0 Å². The summed E-state index contributed by atoms with van der Waals surface area (Å²) in [5, 5.41) is 3.54. The Morgan fingerprint density at radius 2 is 2.24 bits per heavy atom. The van der Waals surface area contributed by atoms with Gasteiger partial charge in [-0.05, 0) is 31.9 Å². The molecule has 17 heavy (non-hydrogen) atoms. The van der Waals surface area contributed by atoms with Crippen molar-refractivity contribution in [3.63, 3.8) is 0 Å². The minimum atomic E-state index is 0.390. The lowest BCUT2D eigenvalue weighted by atomic mass is 10.00. The smallest absolute Gasteiger partial charge is 0.165 e. The molecule has 1 aliphatic heterocycles. The molecule has 1 N–H and O–H groups in total. The van der Waals surface area contributed by atoms with Crippen LogP contribution in [0.2, 0.25) is 0 Å². The molecule has 1 fully saturated rings. The molecule has 0 aliphatic carbocycles. The molecule has 2 atom stereocenters. The minimum Gasteiger partial charge on any atom is -0.493 e. The summed E-state index contributed by atoms with van der Waals surface area (Å²) >= 11 is 0. The zero-order valence-electron chi connectivity index (χ0n) is 10.8. The zero-order valence-corrected chi connectivity index (χ0v) is 10.8. The Labute approximate surface area is 103 Å². The molecule has 1 aliphatic rings. The summed E-state index contributed by atoms with van der Waals surface area (Å²) in [4.78, 5) is 0. The molecule has 0 saturated carbocycles. The van der Waals surface area contributed by atoms with Gasteiger partial charge in [0, 0.05) is 11.6 Å². The van der Waals surface area contributed by atoms with Crippen molar-refractivity contribution < 1.29 is 9.47 Å². The van der Waals surface area contributed by atoms with Crippen LogP contribution in [-0.4, -0.2) is 20.3 Å². The second kappa shape index (κ2) is 5.41. The van der Waals surface area contributed by atoms with Crippen LogP contribution in [0.4, 0.5) is 0 Å². The minimum absolute atomic E-state index is 0.390. The van der Waals surface area contributed by atoms with Gasteiger partial charge in [0.15, 0.2) is 11.5 Å². The first-order valence-corrected chi connectivity index (χ1v) is 6.29. The molecule has 0 radical (unpaired) electrons. The highest BCUT2D eigenvalue weighted by atomic mass is 16.5. The highest BCUT2D eigenvalue weighted by Crippen LogP contribution is 2.38. The average Bonchev–Trinajstić information content (AvgIpc) is 2.76. The van der Waals surface area contributed by atoms with Gasteiger partial charge < -0.3 is 14.8 Å². The molecule has 1 heterocycles. The summed E-state index contributed by atoms with van der Waals surface area (Å²) in [7, 11) is 1.69. The highest BCUT2D eigenvalue weighted by molar-refractivity contribution is 5.48. The summed E-state index contributed by atoms with van der Waals surface area (Å²) in [5.41, 5.74) is 1.22. The van der Waals surface area contributed by atoms with Crippen LogP contribution in [0, 0.1) is 5.92 Å². The Balaban J connectivity index is 2.31. The van der Waals surface area contributed by atoms with E-state index < -0.39 is 0 Å². The fourth-order valence-electron chi connectivity index (χ4n) is 2.42. The van der Waals surface area contributed by atoms with Gasteiger partial charge in [-0.3, -0.25) is 0 Å². The van der Waals surface area contributed by atoms with Crippen molar-refractivity contribution in [2.45, 2.75) is 26.3 Å². The first kappa shape index (κ1) is 12.2. The number of para-hydroxylation sites is 1. The molecule has 0 spiro atoms. The van der Waals surface area contributed by atoms with E-state index in [2.05, 4.69) is 18.3 Å². The van der Waals surface area contributed by atoms with E-state index in [0.29, 0.717) is 12.6 Å². The third-order valence-corrected chi connectivity index (χ3v) is 3.24. The highest BCUT2D eigenvalue weighted by Gasteiger charge is 2.25. The quantitative estimate of drug-likeness (QED) is 0.870. The molecular weight excluding hydrogens is 214 g/mol. The third kappa shape index (κ3) is 2.55.